The van der Waals surface area contributed by atoms with E-state index in [0.29, 0.717) is 58.1 Å². The molecule has 0 saturated carbocycles. The van der Waals surface area contributed by atoms with Crippen LogP contribution < -0.4 is 23.7 Å². The Morgan fingerprint density at radius 3 is 1.65 bits per heavy atom. The number of carbonyl (C=O) groups is 5. The molecular formula is C57H46F2N4O14. The maximum absolute atomic E-state index is 13.7. The largest absolute Gasteiger partial charge is 0.513 e. The van der Waals surface area contributed by atoms with E-state index in [1.807, 2.05) is 0 Å². The minimum Gasteiger partial charge on any atom is -0.505 e. The number of fused-ring (bicyclic) bond motifs is 4. The molecular weight excluding hydrogens is 1000 g/mol. The van der Waals surface area contributed by atoms with E-state index in [2.05, 4.69) is 9.97 Å². The van der Waals surface area contributed by atoms with E-state index in [1.54, 1.807) is 73.7 Å². The monoisotopic (exact) mass is 1050 g/mol. The highest BCUT2D eigenvalue weighted by molar-refractivity contribution is 6.30. The average Bonchev–Trinajstić information content (AvgIpc) is 3.90. The fraction of sp³-hybridized carbons (Fsp3) is 0.175. The molecule has 77 heavy (non-hydrogen) atoms. The maximum Gasteiger partial charge on any atom is 0.513 e. The van der Waals surface area contributed by atoms with Crippen LogP contribution in [0.4, 0.5) is 13.6 Å². The number of aromatic hydroxyl groups is 3. The lowest BCUT2D eigenvalue weighted by molar-refractivity contribution is 0.0639. The Kier molecular flexibility index (Phi) is 14.6. The molecule has 0 spiro atoms. The molecule has 0 fully saturated rings. The van der Waals surface area contributed by atoms with Crippen LogP contribution >= 0.6 is 0 Å². The molecule has 1 aliphatic heterocycles. The van der Waals surface area contributed by atoms with Gasteiger partial charge in [0.2, 0.25) is 23.3 Å². The second-order valence-electron chi connectivity index (χ2n) is 17.5. The summed E-state index contributed by atoms with van der Waals surface area (Å²) >= 11 is 0. The van der Waals surface area contributed by atoms with E-state index in [9.17, 15) is 48.1 Å². The van der Waals surface area contributed by atoms with E-state index in [-0.39, 0.29) is 81.5 Å². The second kappa shape index (κ2) is 21.5. The fourth-order valence-electron chi connectivity index (χ4n) is 9.07. The number of rotatable bonds is 14. The molecule has 18 nitrogen and oxygen atoms in total. The molecule has 20 heteroatoms. The van der Waals surface area contributed by atoms with Crippen molar-refractivity contribution in [2.45, 2.75) is 32.9 Å². The highest BCUT2D eigenvalue weighted by atomic mass is 19.1. The van der Waals surface area contributed by atoms with Gasteiger partial charge in [-0.15, -0.1) is 0 Å². The van der Waals surface area contributed by atoms with Crippen molar-refractivity contribution in [3.05, 3.63) is 188 Å². The number of hydrogen-bond donors (Lipinski definition) is 3. The summed E-state index contributed by atoms with van der Waals surface area (Å²) in [6, 6.07) is 24.9. The van der Waals surface area contributed by atoms with E-state index in [1.165, 1.54) is 71.2 Å². The number of imide groups is 1. The Hall–Kier alpha value is -9.85. The van der Waals surface area contributed by atoms with Crippen LogP contribution in [0.5, 0.6) is 46.3 Å². The fourth-order valence-corrected chi connectivity index (χ4v) is 9.07. The number of aromatic nitrogens is 3. The topological polar surface area (TPSA) is 235 Å². The predicted molar refractivity (Wildman–Crippen MR) is 271 cm³/mol. The standard InChI is InChI=1S/C30H25FN2O8.C27H21FN2O6/c1-4-40-30(37)41-27-21-12-17(11-16-5-8-19(31)9-6-16)14-32-25(21)26(34)23-24(27)29(36)33(28(23)35)15-18-7-10-20(38-2)13-22(18)39-3;1-35-18-8-5-16(20(11-18)36-2)13-30-26(33)21-22(27(30)34)25(32)23-19(24(21)31)10-15(12-29-23)9-14-3-6-17(28)7-4-14/h5-10,12-14,34H,4,11,15H2,1-3H3;3-8,10-12,33-34H,9,13H2,1-2H3. The maximum atomic E-state index is 13.7. The summed E-state index contributed by atoms with van der Waals surface area (Å²) in [6.07, 6.45) is 2.54. The first kappa shape index (κ1) is 52.0. The summed E-state index contributed by atoms with van der Waals surface area (Å²) in [4.78, 5) is 75.8. The second-order valence-corrected chi connectivity index (χ2v) is 17.5. The van der Waals surface area contributed by atoms with Gasteiger partial charge < -0.3 is 43.7 Å². The molecule has 8 aromatic rings. The number of methoxy groups -OCH3 is 4. The van der Waals surface area contributed by atoms with Gasteiger partial charge in [-0.3, -0.25) is 38.6 Å². The molecule has 0 saturated heterocycles. The summed E-state index contributed by atoms with van der Waals surface area (Å²) < 4.78 is 59.3. The lowest BCUT2D eigenvalue weighted by Crippen LogP contribution is -2.29. The van der Waals surface area contributed by atoms with Gasteiger partial charge in [0, 0.05) is 41.0 Å². The van der Waals surface area contributed by atoms with Crippen molar-refractivity contribution in [1.29, 1.82) is 0 Å². The lowest BCUT2D eigenvalue weighted by Gasteiger charge is -2.17. The van der Waals surface area contributed by atoms with Crippen LogP contribution in [0.2, 0.25) is 0 Å². The minimum absolute atomic E-state index is 0.00136. The number of ether oxygens (including phenoxy) is 6. The molecule has 2 aliphatic rings. The number of phenols is 1. The van der Waals surface area contributed by atoms with Crippen LogP contribution in [0.1, 0.15) is 93.0 Å². The third kappa shape index (κ3) is 9.98. The number of phenolic OH excluding ortho intramolecular Hbond substituents is 1. The van der Waals surface area contributed by atoms with Crippen molar-refractivity contribution >= 4 is 40.4 Å². The molecule has 0 radical (unpaired) electrons. The van der Waals surface area contributed by atoms with Crippen LogP contribution in [0, 0.1) is 11.6 Å². The SMILES string of the molecule is CCOC(=O)Oc1c2c(c(O)c3ncc(Cc4ccc(F)cc4)cc13)C(=O)N(Cc1ccc(OC)cc1OC)C2=O.COc1ccc(Cn2c(O)c3c(c2O)C(=O)c2ncc(Cc4ccc(F)cc4)cc2C3=O)c(OC)c1. The van der Waals surface area contributed by atoms with Gasteiger partial charge in [0.05, 0.1) is 59.3 Å². The zero-order valence-corrected chi connectivity index (χ0v) is 41.8. The van der Waals surface area contributed by atoms with Crippen molar-refractivity contribution < 1.29 is 76.5 Å². The third-order valence-corrected chi connectivity index (χ3v) is 12.8. The zero-order valence-electron chi connectivity index (χ0n) is 41.8. The van der Waals surface area contributed by atoms with Crippen molar-refractivity contribution in [3.8, 4) is 46.3 Å². The van der Waals surface area contributed by atoms with E-state index >= 15 is 0 Å². The molecule has 4 heterocycles. The van der Waals surface area contributed by atoms with Gasteiger partial charge in [0.15, 0.2) is 11.5 Å². The van der Waals surface area contributed by atoms with Crippen LogP contribution in [0.3, 0.4) is 0 Å². The molecule has 5 aromatic carbocycles. The molecule has 3 N–H and O–H groups in total. The number of carbonyl (C=O) groups excluding carboxylic acids is 5. The Balaban J connectivity index is 0.000000189. The Morgan fingerprint density at radius 1 is 0.584 bits per heavy atom. The van der Waals surface area contributed by atoms with Gasteiger partial charge in [-0.1, -0.05) is 24.3 Å². The molecule has 0 atom stereocenters. The molecule has 0 bridgehead atoms. The summed E-state index contributed by atoms with van der Waals surface area (Å²) in [6.45, 7) is 1.32. The Morgan fingerprint density at radius 2 is 1.10 bits per heavy atom. The number of benzene rings is 5. The van der Waals surface area contributed by atoms with Crippen molar-refractivity contribution in [1.82, 2.24) is 19.4 Å². The first-order chi connectivity index (χ1) is 37.1. The molecule has 1 aliphatic carbocycles. The third-order valence-electron chi connectivity index (χ3n) is 12.8. The normalized spacial score (nSPS) is 12.4. The zero-order chi connectivity index (χ0) is 54.8. The average molecular weight is 1050 g/mol. The lowest BCUT2D eigenvalue weighted by atomic mass is 9.88. The molecule has 0 unspecified atom stereocenters. The van der Waals surface area contributed by atoms with Crippen molar-refractivity contribution in [3.63, 3.8) is 0 Å². The molecule has 10 rings (SSSR count). The van der Waals surface area contributed by atoms with Gasteiger partial charge in [-0.2, -0.15) is 0 Å². The number of hydrogen-bond acceptors (Lipinski definition) is 16. The predicted octanol–water partition coefficient (Wildman–Crippen LogP) is 8.88. The quantitative estimate of drug-likeness (QED) is 0.0524. The smallest absolute Gasteiger partial charge is 0.505 e. The number of amides is 2. The molecule has 392 valence electrons. The highest BCUT2D eigenvalue weighted by Crippen LogP contribution is 2.46. The number of nitrogens with zero attached hydrogens (tertiary/aromatic N) is 4. The summed E-state index contributed by atoms with van der Waals surface area (Å²) in [5, 5.41) is 33.1. The number of ketones is 2. The van der Waals surface area contributed by atoms with Gasteiger partial charge in [0.25, 0.3) is 11.8 Å². The number of halogens is 2. The van der Waals surface area contributed by atoms with Crippen molar-refractivity contribution in [2.24, 2.45) is 0 Å². The van der Waals surface area contributed by atoms with Crippen LogP contribution in [-0.2, 0) is 30.7 Å². The van der Waals surface area contributed by atoms with Gasteiger partial charge >= 0.3 is 6.16 Å². The van der Waals surface area contributed by atoms with Gasteiger partial charge in [-0.25, -0.2) is 13.6 Å². The molecule has 2 amide bonds. The Labute approximate surface area is 437 Å². The highest BCUT2D eigenvalue weighted by Gasteiger charge is 2.44. The first-order valence-corrected chi connectivity index (χ1v) is 23.6. The van der Waals surface area contributed by atoms with Gasteiger partial charge in [0.1, 0.15) is 62.5 Å². The van der Waals surface area contributed by atoms with Gasteiger partial charge in [-0.05, 0) is 103 Å². The molecule has 3 aromatic heterocycles. The Bertz CT molecular complexity index is 3690. The van der Waals surface area contributed by atoms with E-state index < -0.39 is 47.0 Å². The minimum atomic E-state index is -1.10. The number of pyridine rings is 2. The van der Waals surface area contributed by atoms with Crippen LogP contribution in [0.15, 0.2) is 109 Å². The summed E-state index contributed by atoms with van der Waals surface area (Å²) in [7, 11) is 5.92. The van der Waals surface area contributed by atoms with Crippen molar-refractivity contribution in [2.75, 3.05) is 35.0 Å². The van der Waals surface area contributed by atoms with E-state index in [0.717, 1.165) is 20.6 Å². The summed E-state index contributed by atoms with van der Waals surface area (Å²) in [5.74, 6) is -3.58. The van der Waals surface area contributed by atoms with E-state index in [4.69, 9.17) is 28.4 Å². The van der Waals surface area contributed by atoms with Crippen LogP contribution in [-0.4, -0.2) is 99.3 Å². The van der Waals surface area contributed by atoms with Crippen LogP contribution in [0.25, 0.3) is 10.9 Å². The summed E-state index contributed by atoms with van der Waals surface area (Å²) in [5.41, 5.74) is 2.58. The first-order valence-electron chi connectivity index (χ1n) is 23.6.